The molecule has 1 heterocycles. The highest BCUT2D eigenvalue weighted by Gasteiger charge is 2.21. The van der Waals surface area contributed by atoms with Crippen LogP contribution in [0.3, 0.4) is 0 Å². The Kier molecular flexibility index (Phi) is 5.78. The number of carboxylic acids is 1. The Hall–Kier alpha value is -3.55. The number of aryl methyl sites for hydroxylation is 1. The lowest BCUT2D eigenvalue weighted by Crippen LogP contribution is -2.39. The van der Waals surface area contributed by atoms with Crippen LogP contribution in [-0.4, -0.2) is 36.2 Å². The molecule has 0 fully saturated rings. The first-order valence-corrected chi connectivity index (χ1v) is 8.68. The fourth-order valence-corrected chi connectivity index (χ4v) is 2.94. The quantitative estimate of drug-likeness (QED) is 0.671. The summed E-state index contributed by atoms with van der Waals surface area (Å²) in [4.78, 5) is 35.7. The van der Waals surface area contributed by atoms with Crippen LogP contribution in [0.1, 0.15) is 33.9 Å². The lowest BCUT2D eigenvalue weighted by atomic mass is 9.99. The van der Waals surface area contributed by atoms with Crippen LogP contribution in [0.25, 0.3) is 0 Å². The maximum atomic E-state index is 12.3. The van der Waals surface area contributed by atoms with Gasteiger partial charge in [-0.05, 0) is 36.2 Å². The predicted molar refractivity (Wildman–Crippen MR) is 99.2 cm³/mol. The van der Waals surface area contributed by atoms with Crippen LogP contribution in [0.5, 0.6) is 11.5 Å². The minimum Gasteiger partial charge on any atom is -0.481 e. The van der Waals surface area contributed by atoms with Gasteiger partial charge in [0.15, 0.2) is 11.5 Å². The highest BCUT2D eigenvalue weighted by Crippen LogP contribution is 2.32. The van der Waals surface area contributed by atoms with Crippen LogP contribution >= 0.6 is 0 Å². The fraction of sp³-hybridized carbons (Fsp3) is 0.250. The van der Waals surface area contributed by atoms with E-state index in [0.717, 1.165) is 11.1 Å². The van der Waals surface area contributed by atoms with E-state index in [4.69, 9.17) is 14.6 Å². The number of carboxylic acid groups (broad SMARTS) is 1. The standard InChI is InChI=1S/C20H20N2O6/c1-12-4-2-3-5-14(12)15(9-19(24)25)22-18(23)10-21-20(26)13-6-7-16-17(8-13)28-11-27-16/h2-8,15H,9-11H2,1H3,(H,21,26)(H,22,23)(H,24,25). The summed E-state index contributed by atoms with van der Waals surface area (Å²) in [6.07, 6.45) is -0.257. The Labute approximate surface area is 161 Å². The summed E-state index contributed by atoms with van der Waals surface area (Å²) in [7, 11) is 0. The number of benzene rings is 2. The van der Waals surface area contributed by atoms with E-state index in [1.807, 2.05) is 19.1 Å². The SMILES string of the molecule is Cc1ccccc1C(CC(=O)O)NC(=O)CNC(=O)c1ccc2c(c1)OCO2. The van der Waals surface area contributed by atoms with Gasteiger partial charge >= 0.3 is 5.97 Å². The average molecular weight is 384 g/mol. The smallest absolute Gasteiger partial charge is 0.305 e. The van der Waals surface area contributed by atoms with Crippen molar-refractivity contribution in [3.8, 4) is 11.5 Å². The fourth-order valence-electron chi connectivity index (χ4n) is 2.94. The Morgan fingerprint density at radius 1 is 1.11 bits per heavy atom. The van der Waals surface area contributed by atoms with E-state index in [1.165, 1.54) is 6.07 Å². The molecule has 28 heavy (non-hydrogen) atoms. The van der Waals surface area contributed by atoms with Gasteiger partial charge in [0.1, 0.15) is 0 Å². The highest BCUT2D eigenvalue weighted by molar-refractivity contribution is 5.97. The molecule has 0 bridgehead atoms. The molecule has 3 rings (SSSR count). The average Bonchev–Trinajstić information content (AvgIpc) is 3.13. The second kappa shape index (κ2) is 8.43. The number of amides is 2. The van der Waals surface area contributed by atoms with Gasteiger partial charge < -0.3 is 25.2 Å². The van der Waals surface area contributed by atoms with Crippen LogP contribution in [0.15, 0.2) is 42.5 Å². The molecule has 2 aromatic rings. The summed E-state index contributed by atoms with van der Waals surface area (Å²) in [6, 6.07) is 11.3. The number of carbonyl (C=O) groups is 3. The van der Waals surface area contributed by atoms with Gasteiger partial charge in [0.05, 0.1) is 19.0 Å². The Morgan fingerprint density at radius 3 is 2.61 bits per heavy atom. The maximum absolute atomic E-state index is 12.3. The topological polar surface area (TPSA) is 114 Å². The molecule has 1 atom stereocenters. The predicted octanol–water partition coefficient (Wildman–Crippen LogP) is 1.79. The van der Waals surface area contributed by atoms with Crippen LogP contribution in [0, 0.1) is 6.92 Å². The monoisotopic (exact) mass is 384 g/mol. The number of ether oxygens (including phenoxy) is 2. The zero-order valence-electron chi connectivity index (χ0n) is 15.2. The molecule has 2 aromatic carbocycles. The van der Waals surface area contributed by atoms with Gasteiger partial charge in [0, 0.05) is 5.56 Å². The molecular formula is C20H20N2O6. The van der Waals surface area contributed by atoms with Crippen LogP contribution in [-0.2, 0) is 9.59 Å². The van der Waals surface area contributed by atoms with Crippen molar-refractivity contribution in [2.24, 2.45) is 0 Å². The molecule has 0 spiro atoms. The van der Waals surface area contributed by atoms with E-state index in [0.29, 0.717) is 17.1 Å². The first-order chi connectivity index (χ1) is 13.4. The molecule has 8 heteroatoms. The number of hydrogen-bond donors (Lipinski definition) is 3. The molecule has 146 valence electrons. The van der Waals surface area contributed by atoms with Crippen molar-refractivity contribution in [1.82, 2.24) is 10.6 Å². The third-order valence-electron chi connectivity index (χ3n) is 4.32. The van der Waals surface area contributed by atoms with Crippen molar-refractivity contribution in [3.05, 3.63) is 59.2 Å². The minimum atomic E-state index is -1.03. The molecule has 1 aliphatic heterocycles. The third-order valence-corrected chi connectivity index (χ3v) is 4.32. The molecule has 0 saturated heterocycles. The zero-order valence-corrected chi connectivity index (χ0v) is 15.2. The molecule has 8 nitrogen and oxygen atoms in total. The summed E-state index contributed by atoms with van der Waals surface area (Å²) < 4.78 is 10.4. The van der Waals surface area contributed by atoms with E-state index in [-0.39, 0.29) is 19.8 Å². The minimum absolute atomic E-state index is 0.104. The number of aliphatic carboxylic acids is 1. The summed E-state index contributed by atoms with van der Waals surface area (Å²) >= 11 is 0. The van der Waals surface area contributed by atoms with Gasteiger partial charge in [-0.2, -0.15) is 0 Å². The molecule has 0 saturated carbocycles. The normalized spacial score (nSPS) is 12.9. The molecule has 0 aromatic heterocycles. The van der Waals surface area contributed by atoms with E-state index in [9.17, 15) is 14.4 Å². The van der Waals surface area contributed by atoms with E-state index in [1.54, 1.807) is 24.3 Å². The zero-order chi connectivity index (χ0) is 20.1. The van der Waals surface area contributed by atoms with Gasteiger partial charge in [-0.15, -0.1) is 0 Å². The van der Waals surface area contributed by atoms with Crippen molar-refractivity contribution in [1.29, 1.82) is 0 Å². The molecule has 0 radical (unpaired) electrons. The maximum Gasteiger partial charge on any atom is 0.305 e. The Balaban J connectivity index is 1.60. The second-order valence-corrected chi connectivity index (χ2v) is 6.33. The van der Waals surface area contributed by atoms with Crippen molar-refractivity contribution in [2.75, 3.05) is 13.3 Å². The number of carbonyl (C=O) groups excluding carboxylic acids is 2. The number of hydrogen-bond acceptors (Lipinski definition) is 5. The van der Waals surface area contributed by atoms with Gasteiger partial charge in [0.2, 0.25) is 12.7 Å². The van der Waals surface area contributed by atoms with Gasteiger partial charge in [-0.3, -0.25) is 14.4 Å². The molecule has 1 unspecified atom stereocenters. The highest BCUT2D eigenvalue weighted by atomic mass is 16.7. The molecular weight excluding hydrogens is 364 g/mol. The third kappa shape index (κ3) is 4.59. The van der Waals surface area contributed by atoms with E-state index < -0.39 is 23.8 Å². The Bertz CT molecular complexity index is 911. The van der Waals surface area contributed by atoms with Crippen LogP contribution < -0.4 is 20.1 Å². The summed E-state index contributed by atoms with van der Waals surface area (Å²) in [5.74, 6) is -0.928. The van der Waals surface area contributed by atoms with E-state index in [2.05, 4.69) is 10.6 Å². The summed E-state index contributed by atoms with van der Waals surface area (Å²) in [5.41, 5.74) is 1.93. The molecule has 3 N–H and O–H groups in total. The molecule has 2 amide bonds. The number of rotatable bonds is 7. The summed E-state index contributed by atoms with van der Waals surface area (Å²) in [5, 5.41) is 14.3. The first-order valence-electron chi connectivity index (χ1n) is 8.68. The lowest BCUT2D eigenvalue weighted by molar-refractivity contribution is -0.137. The Morgan fingerprint density at radius 2 is 1.86 bits per heavy atom. The first kappa shape index (κ1) is 19.2. The van der Waals surface area contributed by atoms with Crippen molar-refractivity contribution in [2.45, 2.75) is 19.4 Å². The lowest BCUT2D eigenvalue weighted by Gasteiger charge is -2.19. The van der Waals surface area contributed by atoms with Gasteiger partial charge in [0.25, 0.3) is 5.91 Å². The van der Waals surface area contributed by atoms with E-state index >= 15 is 0 Å². The largest absolute Gasteiger partial charge is 0.481 e. The number of fused-ring (bicyclic) bond motifs is 1. The molecule has 0 aliphatic carbocycles. The molecule has 1 aliphatic rings. The van der Waals surface area contributed by atoms with Crippen molar-refractivity contribution >= 4 is 17.8 Å². The van der Waals surface area contributed by atoms with Crippen LogP contribution in [0.4, 0.5) is 0 Å². The number of nitrogens with one attached hydrogen (secondary N) is 2. The second-order valence-electron chi connectivity index (χ2n) is 6.33. The van der Waals surface area contributed by atoms with Crippen molar-refractivity contribution in [3.63, 3.8) is 0 Å². The van der Waals surface area contributed by atoms with Gasteiger partial charge in [-0.25, -0.2) is 0 Å². The van der Waals surface area contributed by atoms with Crippen molar-refractivity contribution < 1.29 is 29.0 Å². The summed E-state index contributed by atoms with van der Waals surface area (Å²) in [6.45, 7) is 1.67. The van der Waals surface area contributed by atoms with Crippen LogP contribution in [0.2, 0.25) is 0 Å². The van der Waals surface area contributed by atoms with Gasteiger partial charge in [-0.1, -0.05) is 24.3 Å².